The van der Waals surface area contributed by atoms with E-state index in [0.717, 1.165) is 25.7 Å². The van der Waals surface area contributed by atoms with Crippen LogP contribution in [0, 0.1) is 0 Å². The molecule has 3 nitrogen and oxygen atoms in total. The Labute approximate surface area is 129 Å². The topological polar surface area (TPSA) is 57.5 Å². The van der Waals surface area contributed by atoms with Gasteiger partial charge in [0.05, 0.1) is 6.10 Å². The van der Waals surface area contributed by atoms with Gasteiger partial charge in [0.2, 0.25) is 0 Å². The second kappa shape index (κ2) is 15.0. The van der Waals surface area contributed by atoms with E-state index in [1.165, 1.54) is 12.8 Å². The quantitative estimate of drug-likeness (QED) is 0.384. The van der Waals surface area contributed by atoms with E-state index in [1.807, 2.05) is 18.2 Å². The molecule has 2 N–H and O–H groups in total. The summed E-state index contributed by atoms with van der Waals surface area (Å²) in [6.45, 7) is 2.19. The highest BCUT2D eigenvalue weighted by molar-refractivity contribution is 5.66. The number of hydrogen-bond acceptors (Lipinski definition) is 2. The molecule has 0 saturated carbocycles. The fraction of sp³-hybridized carbons (Fsp3) is 0.611. The van der Waals surface area contributed by atoms with Crippen LogP contribution in [0.25, 0.3) is 0 Å². The Balaban J connectivity index is 3.45. The molecule has 0 aromatic heterocycles. The van der Waals surface area contributed by atoms with Crippen LogP contribution in [0.5, 0.6) is 0 Å². The Morgan fingerprint density at radius 2 is 1.57 bits per heavy atom. The molecule has 3 heteroatoms. The van der Waals surface area contributed by atoms with E-state index < -0.39 is 12.1 Å². The van der Waals surface area contributed by atoms with E-state index in [0.29, 0.717) is 12.8 Å². The van der Waals surface area contributed by atoms with Crippen LogP contribution in [0.15, 0.2) is 36.5 Å². The molecular weight excluding hydrogens is 264 g/mol. The molecule has 0 heterocycles. The highest BCUT2D eigenvalue weighted by Crippen LogP contribution is 2.08. The van der Waals surface area contributed by atoms with Gasteiger partial charge in [0.25, 0.3) is 0 Å². The second-order valence-corrected chi connectivity index (χ2v) is 5.25. The number of aliphatic hydroxyl groups excluding tert-OH is 1. The predicted molar refractivity (Wildman–Crippen MR) is 88.3 cm³/mol. The predicted octanol–water partition coefficient (Wildman–Crippen LogP) is 4.63. The minimum absolute atomic E-state index is 0.0532. The molecule has 0 aliphatic heterocycles. The van der Waals surface area contributed by atoms with Crippen molar-refractivity contribution in [3.8, 4) is 0 Å². The standard InChI is InChI=1S/C18H30O3/c1-2-3-4-5-6-7-8-9-10-11-12-13-14-17(19)15-16-18(20)21/h5-10,17,19H,2-4,11-16H2,1H3,(H,20,21)/b6-5+,8-7+,10-9-. The lowest BCUT2D eigenvalue weighted by Crippen LogP contribution is -2.09. The molecule has 0 saturated heterocycles. The summed E-state index contributed by atoms with van der Waals surface area (Å²) in [6, 6.07) is 0. The Morgan fingerprint density at radius 1 is 0.952 bits per heavy atom. The lowest BCUT2D eigenvalue weighted by molar-refractivity contribution is -0.137. The monoisotopic (exact) mass is 294 g/mol. The van der Waals surface area contributed by atoms with Crippen LogP contribution in [-0.2, 0) is 4.79 Å². The zero-order chi connectivity index (χ0) is 15.8. The van der Waals surface area contributed by atoms with Gasteiger partial charge in [-0.15, -0.1) is 0 Å². The van der Waals surface area contributed by atoms with Gasteiger partial charge in [-0.05, 0) is 32.1 Å². The molecule has 0 aliphatic rings. The van der Waals surface area contributed by atoms with Crippen LogP contribution in [0.4, 0.5) is 0 Å². The molecular formula is C18H30O3. The molecule has 1 atom stereocenters. The molecule has 0 spiro atoms. The first-order chi connectivity index (χ1) is 10.2. The molecule has 0 bridgehead atoms. The Kier molecular flexibility index (Phi) is 14.1. The van der Waals surface area contributed by atoms with Gasteiger partial charge in [0.15, 0.2) is 0 Å². The molecule has 0 radical (unpaired) electrons. The van der Waals surface area contributed by atoms with Crippen molar-refractivity contribution in [1.82, 2.24) is 0 Å². The number of hydrogen-bond donors (Lipinski definition) is 2. The van der Waals surface area contributed by atoms with Gasteiger partial charge < -0.3 is 10.2 Å². The van der Waals surface area contributed by atoms with Gasteiger partial charge in [-0.25, -0.2) is 0 Å². The molecule has 21 heavy (non-hydrogen) atoms. The van der Waals surface area contributed by atoms with E-state index in [4.69, 9.17) is 5.11 Å². The van der Waals surface area contributed by atoms with Crippen LogP contribution in [0.3, 0.4) is 0 Å². The normalized spacial score (nSPS) is 13.6. The maximum atomic E-state index is 10.3. The smallest absolute Gasteiger partial charge is 0.303 e. The van der Waals surface area contributed by atoms with Crippen molar-refractivity contribution in [3.63, 3.8) is 0 Å². The lowest BCUT2D eigenvalue weighted by atomic mass is 10.1. The third-order valence-corrected chi connectivity index (χ3v) is 3.18. The first kappa shape index (κ1) is 19.7. The maximum absolute atomic E-state index is 10.3. The number of aliphatic hydroxyl groups is 1. The minimum atomic E-state index is -0.840. The molecule has 0 aromatic rings. The summed E-state index contributed by atoms with van der Waals surface area (Å²) >= 11 is 0. The van der Waals surface area contributed by atoms with E-state index in [9.17, 15) is 9.90 Å². The number of aliphatic carboxylic acids is 1. The molecule has 1 unspecified atom stereocenters. The highest BCUT2D eigenvalue weighted by Gasteiger charge is 2.06. The third-order valence-electron chi connectivity index (χ3n) is 3.18. The van der Waals surface area contributed by atoms with Gasteiger partial charge >= 0.3 is 5.97 Å². The fourth-order valence-corrected chi connectivity index (χ4v) is 1.88. The summed E-state index contributed by atoms with van der Waals surface area (Å²) in [5.74, 6) is -0.840. The van der Waals surface area contributed by atoms with Crippen molar-refractivity contribution in [2.45, 2.75) is 70.8 Å². The van der Waals surface area contributed by atoms with Crippen molar-refractivity contribution in [2.75, 3.05) is 0 Å². The van der Waals surface area contributed by atoms with Crippen molar-refractivity contribution in [3.05, 3.63) is 36.5 Å². The fourth-order valence-electron chi connectivity index (χ4n) is 1.88. The summed E-state index contributed by atoms with van der Waals surface area (Å²) in [5.41, 5.74) is 0. The molecule has 0 fully saturated rings. The largest absolute Gasteiger partial charge is 0.481 e. The van der Waals surface area contributed by atoms with Gasteiger partial charge in [-0.1, -0.05) is 62.6 Å². The van der Waals surface area contributed by atoms with Gasteiger partial charge in [0.1, 0.15) is 0 Å². The Morgan fingerprint density at radius 3 is 2.14 bits per heavy atom. The van der Waals surface area contributed by atoms with Crippen LogP contribution in [0.2, 0.25) is 0 Å². The summed E-state index contributed by atoms with van der Waals surface area (Å²) in [7, 11) is 0. The van der Waals surface area contributed by atoms with Crippen LogP contribution in [0.1, 0.15) is 64.7 Å². The molecule has 120 valence electrons. The number of carboxylic acids is 1. The summed E-state index contributed by atoms with van der Waals surface area (Å²) < 4.78 is 0. The zero-order valence-corrected chi connectivity index (χ0v) is 13.2. The van der Waals surface area contributed by atoms with Crippen LogP contribution < -0.4 is 0 Å². The van der Waals surface area contributed by atoms with Crippen molar-refractivity contribution in [1.29, 1.82) is 0 Å². The van der Waals surface area contributed by atoms with Crippen LogP contribution >= 0.6 is 0 Å². The van der Waals surface area contributed by atoms with Gasteiger partial charge in [-0.3, -0.25) is 4.79 Å². The molecule has 0 aliphatic carbocycles. The van der Waals surface area contributed by atoms with Gasteiger partial charge in [-0.2, -0.15) is 0 Å². The van der Waals surface area contributed by atoms with E-state index in [-0.39, 0.29) is 6.42 Å². The number of unbranched alkanes of at least 4 members (excludes halogenated alkanes) is 4. The summed E-state index contributed by atoms with van der Waals surface area (Å²) in [6.07, 6.45) is 19.7. The average molecular weight is 294 g/mol. The van der Waals surface area contributed by atoms with E-state index in [1.54, 1.807) is 0 Å². The SMILES string of the molecule is CCCC/C=C/C=C/C=C\CCCCC(O)CCC(=O)O. The third kappa shape index (κ3) is 16.6. The average Bonchev–Trinajstić information content (AvgIpc) is 2.46. The Hall–Kier alpha value is -1.35. The van der Waals surface area contributed by atoms with Gasteiger partial charge in [0, 0.05) is 6.42 Å². The first-order valence-electron chi connectivity index (χ1n) is 8.05. The van der Waals surface area contributed by atoms with Crippen LogP contribution in [-0.4, -0.2) is 22.3 Å². The minimum Gasteiger partial charge on any atom is -0.481 e. The number of carbonyl (C=O) groups is 1. The second-order valence-electron chi connectivity index (χ2n) is 5.25. The molecule has 0 aromatic carbocycles. The highest BCUT2D eigenvalue weighted by atomic mass is 16.4. The summed E-state index contributed by atoms with van der Waals surface area (Å²) in [5, 5.41) is 18.1. The zero-order valence-electron chi connectivity index (χ0n) is 13.2. The van der Waals surface area contributed by atoms with Crippen molar-refractivity contribution < 1.29 is 15.0 Å². The van der Waals surface area contributed by atoms with Crippen molar-refractivity contribution in [2.24, 2.45) is 0 Å². The number of rotatable bonds is 13. The van der Waals surface area contributed by atoms with Crippen molar-refractivity contribution >= 4 is 5.97 Å². The summed E-state index contributed by atoms with van der Waals surface area (Å²) in [4.78, 5) is 10.3. The lowest BCUT2D eigenvalue weighted by Gasteiger charge is -2.07. The molecule has 0 rings (SSSR count). The number of allylic oxidation sites excluding steroid dienone is 6. The maximum Gasteiger partial charge on any atom is 0.303 e. The Bertz CT molecular complexity index is 329. The van der Waals surface area contributed by atoms with E-state index >= 15 is 0 Å². The molecule has 0 amide bonds. The number of carboxylic acid groups (broad SMARTS) is 1. The van der Waals surface area contributed by atoms with E-state index in [2.05, 4.69) is 25.2 Å². The first-order valence-corrected chi connectivity index (χ1v) is 8.05.